The van der Waals surface area contributed by atoms with Crippen molar-refractivity contribution in [2.45, 2.75) is 30.6 Å². The van der Waals surface area contributed by atoms with Gasteiger partial charge in [-0.25, -0.2) is 8.42 Å². The molecule has 0 aliphatic carbocycles. The molecule has 0 saturated carbocycles. The molecule has 1 heterocycles. The zero-order valence-electron chi connectivity index (χ0n) is 15.2. The van der Waals surface area contributed by atoms with Crippen LogP contribution in [-0.4, -0.2) is 36.6 Å². The predicted molar refractivity (Wildman–Crippen MR) is 104 cm³/mol. The molecule has 2 aromatic rings. The largest absolute Gasteiger partial charge is 0.325 e. The van der Waals surface area contributed by atoms with E-state index in [1.807, 2.05) is 0 Å². The number of nitro groups is 1. The van der Waals surface area contributed by atoms with Crippen molar-refractivity contribution in [1.29, 1.82) is 0 Å². The lowest BCUT2D eigenvalue weighted by Gasteiger charge is -2.26. The zero-order valence-corrected chi connectivity index (χ0v) is 16.0. The maximum absolute atomic E-state index is 13.0. The molecule has 0 aromatic heterocycles. The first-order valence-electron chi connectivity index (χ1n) is 9.01. The van der Waals surface area contributed by atoms with Gasteiger partial charge >= 0.3 is 0 Å². The number of hydrogen-bond acceptors (Lipinski definition) is 5. The lowest BCUT2D eigenvalue weighted by atomic mass is 10.1. The third kappa shape index (κ3) is 4.37. The minimum atomic E-state index is -3.72. The SMILES string of the molecule is O=C(Cc1ccccc1[N+](=O)[O-])Nc1ccccc1S(=O)(=O)N1CCCCC1. The van der Waals surface area contributed by atoms with Crippen molar-refractivity contribution in [3.05, 3.63) is 64.2 Å². The number of anilines is 1. The number of nitrogens with one attached hydrogen (secondary N) is 1. The summed E-state index contributed by atoms with van der Waals surface area (Å²) in [5, 5.41) is 13.7. The van der Waals surface area contributed by atoms with E-state index in [0.29, 0.717) is 13.1 Å². The third-order valence-electron chi connectivity index (χ3n) is 4.63. The first-order valence-corrected chi connectivity index (χ1v) is 10.4. The number of hydrogen-bond donors (Lipinski definition) is 1. The molecule has 1 saturated heterocycles. The summed E-state index contributed by atoms with van der Waals surface area (Å²) in [6.07, 6.45) is 2.40. The van der Waals surface area contributed by atoms with Gasteiger partial charge in [-0.05, 0) is 25.0 Å². The van der Waals surface area contributed by atoms with Crippen LogP contribution in [0.15, 0.2) is 53.4 Å². The van der Waals surface area contributed by atoms with Gasteiger partial charge in [-0.2, -0.15) is 4.31 Å². The second-order valence-corrected chi connectivity index (χ2v) is 8.48. The van der Waals surface area contributed by atoms with Crippen LogP contribution in [0.3, 0.4) is 0 Å². The Labute approximate surface area is 163 Å². The van der Waals surface area contributed by atoms with E-state index in [4.69, 9.17) is 0 Å². The maximum atomic E-state index is 13.0. The van der Waals surface area contributed by atoms with Gasteiger partial charge in [0.05, 0.1) is 17.0 Å². The van der Waals surface area contributed by atoms with Crippen LogP contribution in [0.4, 0.5) is 11.4 Å². The van der Waals surface area contributed by atoms with Crippen LogP contribution in [0.5, 0.6) is 0 Å². The number of nitrogens with zero attached hydrogens (tertiary/aromatic N) is 2. The van der Waals surface area contributed by atoms with Crippen molar-refractivity contribution in [3.63, 3.8) is 0 Å². The van der Waals surface area contributed by atoms with E-state index in [0.717, 1.165) is 19.3 Å². The van der Waals surface area contributed by atoms with Gasteiger partial charge in [0.2, 0.25) is 15.9 Å². The Balaban J connectivity index is 1.82. The molecule has 28 heavy (non-hydrogen) atoms. The molecule has 0 spiro atoms. The molecule has 1 N–H and O–H groups in total. The van der Waals surface area contributed by atoms with Crippen LogP contribution < -0.4 is 5.32 Å². The molecule has 9 heteroatoms. The summed E-state index contributed by atoms with van der Waals surface area (Å²) >= 11 is 0. The van der Waals surface area contributed by atoms with Crippen LogP contribution in [0.25, 0.3) is 0 Å². The Bertz CT molecular complexity index is 985. The average Bonchev–Trinajstić information content (AvgIpc) is 2.69. The molecular formula is C19H21N3O5S. The van der Waals surface area contributed by atoms with Gasteiger partial charge < -0.3 is 5.32 Å². The molecular weight excluding hydrogens is 382 g/mol. The van der Waals surface area contributed by atoms with E-state index in [1.165, 1.54) is 34.6 Å². The molecule has 0 unspecified atom stereocenters. The molecule has 1 aliphatic rings. The molecule has 0 radical (unpaired) electrons. The second kappa shape index (κ2) is 8.49. The average molecular weight is 403 g/mol. The summed E-state index contributed by atoms with van der Waals surface area (Å²) in [6, 6.07) is 12.2. The Kier molecular flexibility index (Phi) is 6.05. The molecule has 0 bridgehead atoms. The highest BCUT2D eigenvalue weighted by molar-refractivity contribution is 7.89. The highest BCUT2D eigenvalue weighted by atomic mass is 32.2. The van der Waals surface area contributed by atoms with Gasteiger partial charge in [0.15, 0.2) is 0 Å². The van der Waals surface area contributed by atoms with Crippen LogP contribution in [0.1, 0.15) is 24.8 Å². The van der Waals surface area contributed by atoms with Gasteiger partial charge in [-0.1, -0.05) is 36.8 Å². The Morgan fingerprint density at radius 2 is 1.68 bits per heavy atom. The summed E-state index contributed by atoms with van der Waals surface area (Å²) in [6.45, 7) is 0.918. The molecule has 1 aliphatic heterocycles. The number of benzene rings is 2. The van der Waals surface area contributed by atoms with Gasteiger partial charge in [0.1, 0.15) is 4.90 Å². The standard InChI is InChI=1S/C19H21N3O5S/c23-19(14-15-8-2-4-10-17(15)22(24)25)20-16-9-3-5-11-18(16)28(26,27)21-12-6-1-7-13-21/h2-5,8-11H,1,6-7,12-14H2,(H,20,23). The fourth-order valence-corrected chi connectivity index (χ4v) is 4.91. The van der Waals surface area contributed by atoms with Crippen molar-refractivity contribution in [2.75, 3.05) is 18.4 Å². The number of amides is 1. The summed E-state index contributed by atoms with van der Waals surface area (Å²) in [5.74, 6) is -0.518. The molecule has 1 fully saturated rings. The molecule has 3 rings (SSSR count). The van der Waals surface area contributed by atoms with Crippen LogP contribution in [-0.2, 0) is 21.2 Å². The highest BCUT2D eigenvalue weighted by Crippen LogP contribution is 2.27. The Morgan fingerprint density at radius 3 is 2.39 bits per heavy atom. The van der Waals surface area contributed by atoms with Gasteiger partial charge in [-0.15, -0.1) is 0 Å². The topological polar surface area (TPSA) is 110 Å². The first-order chi connectivity index (χ1) is 13.4. The quantitative estimate of drug-likeness (QED) is 0.589. The third-order valence-corrected chi connectivity index (χ3v) is 6.59. The number of piperidine rings is 1. The maximum Gasteiger partial charge on any atom is 0.273 e. The molecule has 1 amide bonds. The van der Waals surface area contributed by atoms with E-state index in [-0.39, 0.29) is 28.3 Å². The van der Waals surface area contributed by atoms with E-state index >= 15 is 0 Å². The van der Waals surface area contributed by atoms with Crippen molar-refractivity contribution in [1.82, 2.24) is 4.31 Å². The Hall–Kier alpha value is -2.78. The number of carbonyl (C=O) groups excluding carboxylic acids is 1. The zero-order chi connectivity index (χ0) is 20.1. The lowest BCUT2D eigenvalue weighted by molar-refractivity contribution is -0.385. The fourth-order valence-electron chi connectivity index (χ4n) is 3.24. The summed E-state index contributed by atoms with van der Waals surface area (Å²) in [4.78, 5) is 23.1. The van der Waals surface area contributed by atoms with Gasteiger partial charge in [0.25, 0.3) is 5.69 Å². The van der Waals surface area contributed by atoms with Crippen LogP contribution in [0.2, 0.25) is 0 Å². The van der Waals surface area contributed by atoms with E-state index in [9.17, 15) is 23.3 Å². The van der Waals surface area contributed by atoms with Crippen LogP contribution >= 0.6 is 0 Å². The van der Waals surface area contributed by atoms with Crippen molar-refractivity contribution >= 4 is 27.3 Å². The number of nitro benzene ring substituents is 1. The number of carbonyl (C=O) groups is 1. The van der Waals surface area contributed by atoms with E-state index in [2.05, 4.69) is 5.32 Å². The van der Waals surface area contributed by atoms with E-state index < -0.39 is 20.9 Å². The van der Waals surface area contributed by atoms with E-state index in [1.54, 1.807) is 18.2 Å². The lowest BCUT2D eigenvalue weighted by Crippen LogP contribution is -2.36. The summed E-state index contributed by atoms with van der Waals surface area (Å²) < 4.78 is 27.4. The normalized spacial score (nSPS) is 15.1. The Morgan fingerprint density at radius 1 is 1.04 bits per heavy atom. The first kappa shape index (κ1) is 20.0. The van der Waals surface area contributed by atoms with Crippen molar-refractivity contribution in [3.8, 4) is 0 Å². The van der Waals surface area contributed by atoms with Crippen LogP contribution in [0, 0.1) is 10.1 Å². The number of para-hydroxylation sites is 2. The summed E-state index contributed by atoms with van der Waals surface area (Å²) in [5.41, 5.74) is 0.296. The molecule has 148 valence electrons. The van der Waals surface area contributed by atoms with Gasteiger partial charge in [0, 0.05) is 24.7 Å². The number of rotatable bonds is 6. The minimum absolute atomic E-state index is 0.0350. The van der Waals surface area contributed by atoms with Gasteiger partial charge in [-0.3, -0.25) is 14.9 Å². The second-order valence-electron chi connectivity index (χ2n) is 6.57. The molecule has 8 nitrogen and oxygen atoms in total. The van der Waals surface area contributed by atoms with Crippen molar-refractivity contribution in [2.24, 2.45) is 0 Å². The number of sulfonamides is 1. The summed E-state index contributed by atoms with van der Waals surface area (Å²) in [7, 11) is -3.72. The minimum Gasteiger partial charge on any atom is -0.325 e. The fraction of sp³-hybridized carbons (Fsp3) is 0.316. The molecule has 2 aromatic carbocycles. The highest BCUT2D eigenvalue weighted by Gasteiger charge is 2.28. The monoisotopic (exact) mass is 403 g/mol. The predicted octanol–water partition coefficient (Wildman–Crippen LogP) is 2.95. The van der Waals surface area contributed by atoms with Crippen molar-refractivity contribution < 1.29 is 18.1 Å². The smallest absolute Gasteiger partial charge is 0.273 e. The molecule has 0 atom stereocenters.